The molecule has 0 aliphatic heterocycles. The first-order chi connectivity index (χ1) is 9.69. The third kappa shape index (κ3) is 2.49. The quantitative estimate of drug-likeness (QED) is 0.471. The Morgan fingerprint density at radius 1 is 1.00 bits per heavy atom. The molecule has 2 aromatic carbocycles. The molecule has 0 saturated heterocycles. The predicted molar refractivity (Wildman–Crippen MR) is 86.8 cm³/mol. The van der Waals surface area contributed by atoms with Crippen molar-refractivity contribution in [2.45, 2.75) is 4.90 Å². The zero-order chi connectivity index (χ0) is 14.1. The van der Waals surface area contributed by atoms with Crippen LogP contribution in [-0.4, -0.2) is 16.2 Å². The van der Waals surface area contributed by atoms with Gasteiger partial charge in [-0.05, 0) is 30.5 Å². The van der Waals surface area contributed by atoms with Crippen LogP contribution in [0.4, 0.5) is 0 Å². The van der Waals surface area contributed by atoms with Crippen molar-refractivity contribution >= 4 is 45.9 Å². The second-order valence-electron chi connectivity index (χ2n) is 4.20. The average molecular weight is 321 g/mol. The van der Waals surface area contributed by atoms with Crippen LogP contribution in [-0.2, 0) is 0 Å². The maximum Gasteiger partial charge on any atom is 0.162 e. The van der Waals surface area contributed by atoms with E-state index in [9.17, 15) is 0 Å². The lowest BCUT2D eigenvalue weighted by atomic mass is 10.2. The van der Waals surface area contributed by atoms with Gasteiger partial charge in [0.15, 0.2) is 5.82 Å². The molecular weight excluding hydrogens is 311 g/mol. The largest absolute Gasteiger partial charge is 0.228 e. The minimum atomic E-state index is 0.420. The molecule has 0 amide bonds. The number of benzene rings is 2. The number of halogens is 2. The van der Waals surface area contributed by atoms with Crippen LogP contribution in [0.5, 0.6) is 0 Å². The first-order valence-electron chi connectivity index (χ1n) is 5.95. The Bertz CT molecular complexity index is 790. The number of fused-ring (bicyclic) bond motifs is 1. The van der Waals surface area contributed by atoms with Crippen molar-refractivity contribution < 1.29 is 0 Å². The Morgan fingerprint density at radius 3 is 2.60 bits per heavy atom. The van der Waals surface area contributed by atoms with E-state index in [2.05, 4.69) is 9.97 Å². The summed E-state index contributed by atoms with van der Waals surface area (Å²) >= 11 is 13.9. The molecule has 100 valence electrons. The van der Waals surface area contributed by atoms with E-state index in [0.29, 0.717) is 16.0 Å². The summed E-state index contributed by atoms with van der Waals surface area (Å²) < 4.78 is 0. The summed E-state index contributed by atoms with van der Waals surface area (Å²) in [6.07, 6.45) is 2.03. The van der Waals surface area contributed by atoms with E-state index in [0.717, 1.165) is 21.4 Å². The highest BCUT2D eigenvalue weighted by molar-refractivity contribution is 7.98. The van der Waals surface area contributed by atoms with Gasteiger partial charge in [-0.15, -0.1) is 11.8 Å². The van der Waals surface area contributed by atoms with Gasteiger partial charge in [0, 0.05) is 20.9 Å². The van der Waals surface area contributed by atoms with Crippen LogP contribution in [0.3, 0.4) is 0 Å². The maximum atomic E-state index is 6.26. The second-order valence-corrected chi connectivity index (χ2v) is 5.84. The smallest absolute Gasteiger partial charge is 0.162 e. The number of aromatic nitrogens is 2. The molecule has 5 heteroatoms. The molecule has 3 rings (SSSR count). The summed E-state index contributed by atoms with van der Waals surface area (Å²) in [5.41, 5.74) is 1.78. The van der Waals surface area contributed by atoms with Crippen LogP contribution in [0.15, 0.2) is 47.4 Å². The molecule has 0 radical (unpaired) electrons. The highest BCUT2D eigenvalue weighted by atomic mass is 35.5. The molecule has 0 spiro atoms. The van der Waals surface area contributed by atoms with Gasteiger partial charge in [-0.3, -0.25) is 0 Å². The van der Waals surface area contributed by atoms with Gasteiger partial charge in [-0.25, -0.2) is 9.97 Å². The summed E-state index contributed by atoms with van der Waals surface area (Å²) in [4.78, 5) is 10.1. The van der Waals surface area contributed by atoms with Gasteiger partial charge in [-0.2, -0.15) is 0 Å². The Hall–Kier alpha value is -1.29. The Morgan fingerprint density at radius 2 is 1.80 bits per heavy atom. The molecule has 0 bridgehead atoms. The van der Waals surface area contributed by atoms with Gasteiger partial charge in [0.05, 0.1) is 5.52 Å². The Balaban J connectivity index is 2.25. The van der Waals surface area contributed by atoms with Crippen molar-refractivity contribution in [1.29, 1.82) is 0 Å². The molecular formula is C15H10Cl2N2S. The lowest BCUT2D eigenvalue weighted by molar-refractivity contribution is 1.20. The summed E-state index contributed by atoms with van der Waals surface area (Å²) in [6.45, 7) is 0. The van der Waals surface area contributed by atoms with Crippen molar-refractivity contribution in [1.82, 2.24) is 9.97 Å². The monoisotopic (exact) mass is 320 g/mol. The van der Waals surface area contributed by atoms with Crippen molar-refractivity contribution in [2.75, 3.05) is 6.26 Å². The maximum absolute atomic E-state index is 6.26. The van der Waals surface area contributed by atoms with Crippen molar-refractivity contribution in [3.05, 3.63) is 52.6 Å². The van der Waals surface area contributed by atoms with Crippen LogP contribution in [0, 0.1) is 0 Å². The van der Waals surface area contributed by atoms with Crippen LogP contribution in [0.25, 0.3) is 22.3 Å². The zero-order valence-corrected chi connectivity index (χ0v) is 12.9. The normalized spacial score (nSPS) is 10.9. The van der Waals surface area contributed by atoms with Crippen molar-refractivity contribution in [2.24, 2.45) is 0 Å². The molecule has 3 aromatic rings. The van der Waals surface area contributed by atoms with Crippen molar-refractivity contribution in [3.8, 4) is 11.4 Å². The summed E-state index contributed by atoms with van der Waals surface area (Å²) in [5, 5.41) is 1.81. The van der Waals surface area contributed by atoms with Crippen LogP contribution >= 0.6 is 35.0 Å². The fraction of sp³-hybridized carbons (Fsp3) is 0.0667. The van der Waals surface area contributed by atoms with E-state index < -0.39 is 0 Å². The second kappa shape index (κ2) is 5.60. The van der Waals surface area contributed by atoms with Crippen LogP contribution in [0.1, 0.15) is 0 Å². The molecule has 0 N–H and O–H groups in total. The fourth-order valence-corrected chi connectivity index (χ4v) is 3.01. The molecule has 1 heterocycles. The van der Waals surface area contributed by atoms with E-state index in [-0.39, 0.29) is 0 Å². The number of rotatable bonds is 2. The molecule has 1 aromatic heterocycles. The minimum absolute atomic E-state index is 0.420. The van der Waals surface area contributed by atoms with Gasteiger partial charge < -0.3 is 0 Å². The van der Waals surface area contributed by atoms with E-state index in [1.165, 1.54) is 0 Å². The van der Waals surface area contributed by atoms with E-state index in [1.807, 2.05) is 36.6 Å². The van der Waals surface area contributed by atoms with Gasteiger partial charge >= 0.3 is 0 Å². The molecule has 0 saturated carbocycles. The number of hydrogen-bond donors (Lipinski definition) is 0. The van der Waals surface area contributed by atoms with E-state index in [4.69, 9.17) is 23.2 Å². The lowest BCUT2D eigenvalue weighted by Gasteiger charge is -2.08. The Kier molecular flexibility index (Phi) is 3.83. The number of hydrogen-bond acceptors (Lipinski definition) is 3. The van der Waals surface area contributed by atoms with Gasteiger partial charge in [-0.1, -0.05) is 41.4 Å². The topological polar surface area (TPSA) is 25.8 Å². The minimum Gasteiger partial charge on any atom is -0.228 e. The van der Waals surface area contributed by atoms with Crippen molar-refractivity contribution in [3.63, 3.8) is 0 Å². The highest BCUT2D eigenvalue weighted by Gasteiger charge is 2.11. The fourth-order valence-electron chi connectivity index (χ4n) is 2.01. The molecule has 0 unspecified atom stereocenters. The first kappa shape index (κ1) is 13.7. The third-order valence-corrected chi connectivity index (χ3v) is 4.28. The molecule has 0 aliphatic rings. The third-order valence-electron chi connectivity index (χ3n) is 2.96. The standard InChI is InChI=1S/C15H10Cl2N2S/c1-20-13-5-3-2-4-10(13)15-18-12-7-6-9(16)8-11(12)14(17)19-15/h2-8H,1H3. The summed E-state index contributed by atoms with van der Waals surface area (Å²) in [6, 6.07) is 13.5. The molecule has 0 fully saturated rings. The van der Waals surface area contributed by atoms with E-state index >= 15 is 0 Å². The lowest BCUT2D eigenvalue weighted by Crippen LogP contribution is -1.93. The van der Waals surface area contributed by atoms with Crippen LogP contribution in [0.2, 0.25) is 10.2 Å². The van der Waals surface area contributed by atoms with Crippen LogP contribution < -0.4 is 0 Å². The number of thioether (sulfide) groups is 1. The SMILES string of the molecule is CSc1ccccc1-c1nc(Cl)c2cc(Cl)ccc2n1. The van der Waals surface area contributed by atoms with Gasteiger partial charge in [0.25, 0.3) is 0 Å². The average Bonchev–Trinajstić information content (AvgIpc) is 2.47. The molecule has 0 aliphatic carbocycles. The molecule has 0 atom stereocenters. The van der Waals surface area contributed by atoms with Gasteiger partial charge in [0.1, 0.15) is 5.15 Å². The zero-order valence-electron chi connectivity index (χ0n) is 10.6. The Labute approximate surface area is 131 Å². The number of nitrogens with zero attached hydrogens (tertiary/aromatic N) is 2. The highest BCUT2D eigenvalue weighted by Crippen LogP contribution is 2.31. The summed E-state index contributed by atoms with van der Waals surface area (Å²) in [5.74, 6) is 0.634. The van der Waals surface area contributed by atoms with Gasteiger partial charge in [0.2, 0.25) is 0 Å². The summed E-state index contributed by atoms with van der Waals surface area (Å²) in [7, 11) is 0. The predicted octanol–water partition coefficient (Wildman–Crippen LogP) is 5.33. The first-order valence-corrected chi connectivity index (χ1v) is 7.93. The molecule has 20 heavy (non-hydrogen) atoms. The molecule has 2 nitrogen and oxygen atoms in total. The van der Waals surface area contributed by atoms with E-state index in [1.54, 1.807) is 23.9 Å².